The maximum Gasteiger partial charge on any atom is 0.0644 e. The van der Waals surface area contributed by atoms with E-state index in [0.717, 1.165) is 0 Å². The van der Waals surface area contributed by atoms with Crippen LogP contribution in [-0.4, -0.2) is 11.7 Å². The van der Waals surface area contributed by atoms with Gasteiger partial charge in [0.05, 0.1) is 6.61 Å². The highest BCUT2D eigenvalue weighted by molar-refractivity contribution is 5.08. The molecule has 1 N–H and O–H groups in total. The van der Waals surface area contributed by atoms with E-state index in [9.17, 15) is 0 Å². The summed E-state index contributed by atoms with van der Waals surface area (Å²) in [5, 5.41) is 8.79. The van der Waals surface area contributed by atoms with Crippen LogP contribution < -0.4 is 0 Å². The Morgan fingerprint density at radius 2 is 2.56 bits per heavy atom. The minimum atomic E-state index is 0.265. The van der Waals surface area contributed by atoms with Crippen LogP contribution in [0.1, 0.15) is 26.2 Å². The van der Waals surface area contributed by atoms with Crippen molar-refractivity contribution in [2.24, 2.45) is 5.92 Å². The molecule has 1 aliphatic rings. The Morgan fingerprint density at radius 1 is 1.78 bits per heavy atom. The second kappa shape index (κ2) is 3.02. The Kier molecular flexibility index (Phi) is 2.29. The molecule has 0 radical (unpaired) electrons. The van der Waals surface area contributed by atoms with Gasteiger partial charge in [0.1, 0.15) is 0 Å². The minimum Gasteiger partial charge on any atom is -0.392 e. The van der Waals surface area contributed by atoms with Crippen molar-refractivity contribution >= 4 is 0 Å². The maximum atomic E-state index is 8.79. The lowest BCUT2D eigenvalue weighted by Gasteiger charge is -2.17. The summed E-state index contributed by atoms with van der Waals surface area (Å²) in [6, 6.07) is 0. The van der Waals surface area contributed by atoms with E-state index in [1.54, 1.807) is 0 Å². The van der Waals surface area contributed by atoms with Crippen molar-refractivity contribution in [2.75, 3.05) is 6.61 Å². The Hall–Kier alpha value is -0.300. The van der Waals surface area contributed by atoms with E-state index in [4.69, 9.17) is 5.11 Å². The van der Waals surface area contributed by atoms with Gasteiger partial charge >= 0.3 is 0 Å². The van der Waals surface area contributed by atoms with E-state index in [-0.39, 0.29) is 6.61 Å². The van der Waals surface area contributed by atoms with E-state index in [1.165, 1.54) is 24.8 Å². The zero-order chi connectivity index (χ0) is 6.69. The van der Waals surface area contributed by atoms with Gasteiger partial charge in [0.15, 0.2) is 0 Å². The van der Waals surface area contributed by atoms with Crippen LogP contribution in [0.3, 0.4) is 0 Å². The van der Waals surface area contributed by atoms with Crippen LogP contribution in [0.25, 0.3) is 0 Å². The number of aliphatic hydroxyl groups is 1. The first-order chi connectivity index (χ1) is 4.34. The van der Waals surface area contributed by atoms with Gasteiger partial charge in [-0.2, -0.15) is 0 Å². The molecule has 0 aromatic rings. The van der Waals surface area contributed by atoms with Crippen molar-refractivity contribution in [1.82, 2.24) is 0 Å². The van der Waals surface area contributed by atoms with Crippen LogP contribution in [0.4, 0.5) is 0 Å². The van der Waals surface area contributed by atoms with E-state index < -0.39 is 0 Å². The van der Waals surface area contributed by atoms with E-state index in [1.807, 2.05) is 0 Å². The molecule has 0 saturated carbocycles. The fraction of sp³-hybridized carbons (Fsp3) is 0.750. The molecule has 9 heavy (non-hydrogen) atoms. The van der Waals surface area contributed by atoms with Gasteiger partial charge in [-0.1, -0.05) is 13.0 Å². The molecular weight excluding hydrogens is 112 g/mol. The molecule has 1 rings (SSSR count). The molecule has 0 fully saturated rings. The second-order valence-corrected chi connectivity index (χ2v) is 2.77. The highest BCUT2D eigenvalue weighted by Crippen LogP contribution is 2.22. The average molecular weight is 126 g/mol. The standard InChI is InChI=1S/C8H14O/c1-7-4-2-3-5-8(7)6-9/h5,7,9H,2-4,6H2,1H3. The van der Waals surface area contributed by atoms with Crippen molar-refractivity contribution in [3.63, 3.8) is 0 Å². The summed E-state index contributed by atoms with van der Waals surface area (Å²) < 4.78 is 0. The predicted molar refractivity (Wildman–Crippen MR) is 38.2 cm³/mol. The Labute approximate surface area is 56.4 Å². The van der Waals surface area contributed by atoms with Crippen LogP contribution in [0.5, 0.6) is 0 Å². The van der Waals surface area contributed by atoms with Gasteiger partial charge in [0.2, 0.25) is 0 Å². The Bertz CT molecular complexity index is 116. The van der Waals surface area contributed by atoms with Crippen LogP contribution >= 0.6 is 0 Å². The van der Waals surface area contributed by atoms with Crippen molar-refractivity contribution in [2.45, 2.75) is 26.2 Å². The molecule has 1 nitrogen and oxygen atoms in total. The fourth-order valence-corrected chi connectivity index (χ4v) is 1.32. The molecule has 0 heterocycles. The summed E-state index contributed by atoms with van der Waals surface area (Å²) >= 11 is 0. The van der Waals surface area contributed by atoms with Gasteiger partial charge in [-0.3, -0.25) is 0 Å². The largest absolute Gasteiger partial charge is 0.392 e. The van der Waals surface area contributed by atoms with Gasteiger partial charge in [-0.25, -0.2) is 0 Å². The Morgan fingerprint density at radius 3 is 3.00 bits per heavy atom. The van der Waals surface area contributed by atoms with E-state index >= 15 is 0 Å². The molecule has 52 valence electrons. The smallest absolute Gasteiger partial charge is 0.0644 e. The summed E-state index contributed by atoms with van der Waals surface area (Å²) in [5.74, 6) is 0.628. The van der Waals surface area contributed by atoms with Gasteiger partial charge in [-0.15, -0.1) is 0 Å². The molecule has 1 unspecified atom stereocenters. The van der Waals surface area contributed by atoms with Crippen LogP contribution in [-0.2, 0) is 0 Å². The molecule has 1 atom stereocenters. The zero-order valence-corrected chi connectivity index (χ0v) is 5.93. The summed E-state index contributed by atoms with van der Waals surface area (Å²) in [4.78, 5) is 0. The van der Waals surface area contributed by atoms with Gasteiger partial charge in [-0.05, 0) is 30.8 Å². The number of hydrogen-bond donors (Lipinski definition) is 1. The molecule has 0 bridgehead atoms. The molecule has 0 saturated heterocycles. The quantitative estimate of drug-likeness (QED) is 0.530. The first-order valence-electron chi connectivity index (χ1n) is 3.64. The zero-order valence-electron chi connectivity index (χ0n) is 5.93. The molecule has 0 spiro atoms. The molecule has 0 aromatic carbocycles. The Balaban J connectivity index is 2.53. The van der Waals surface area contributed by atoms with Crippen LogP contribution in [0.2, 0.25) is 0 Å². The first kappa shape index (κ1) is 6.81. The third kappa shape index (κ3) is 1.55. The number of rotatable bonds is 1. The number of allylic oxidation sites excluding steroid dienone is 1. The summed E-state index contributed by atoms with van der Waals surface area (Å²) in [7, 11) is 0. The molecule has 0 aliphatic heterocycles. The first-order valence-corrected chi connectivity index (χ1v) is 3.64. The normalized spacial score (nSPS) is 27.8. The van der Waals surface area contributed by atoms with Crippen molar-refractivity contribution in [3.05, 3.63) is 11.6 Å². The average Bonchev–Trinajstić information content (AvgIpc) is 1.89. The van der Waals surface area contributed by atoms with Crippen molar-refractivity contribution < 1.29 is 5.11 Å². The highest BCUT2D eigenvalue weighted by atomic mass is 16.3. The lowest BCUT2D eigenvalue weighted by molar-refractivity contribution is 0.308. The third-order valence-corrected chi connectivity index (χ3v) is 2.06. The summed E-state index contributed by atoms with van der Waals surface area (Å²) in [5.41, 5.74) is 1.24. The third-order valence-electron chi connectivity index (χ3n) is 2.06. The fourth-order valence-electron chi connectivity index (χ4n) is 1.32. The highest BCUT2D eigenvalue weighted by Gasteiger charge is 2.10. The maximum absolute atomic E-state index is 8.79. The molecule has 1 heteroatoms. The SMILES string of the molecule is CC1CCCC=C1CO. The predicted octanol–water partition coefficient (Wildman–Crippen LogP) is 1.73. The van der Waals surface area contributed by atoms with Crippen LogP contribution in [0.15, 0.2) is 11.6 Å². The van der Waals surface area contributed by atoms with Gasteiger partial charge in [0.25, 0.3) is 0 Å². The lowest BCUT2D eigenvalue weighted by Crippen LogP contribution is -2.07. The van der Waals surface area contributed by atoms with Crippen molar-refractivity contribution in [1.29, 1.82) is 0 Å². The van der Waals surface area contributed by atoms with Crippen molar-refractivity contribution in [3.8, 4) is 0 Å². The molecular formula is C8H14O. The monoisotopic (exact) mass is 126 g/mol. The van der Waals surface area contributed by atoms with Crippen LogP contribution in [0, 0.1) is 5.92 Å². The van der Waals surface area contributed by atoms with E-state index in [0.29, 0.717) is 5.92 Å². The molecule has 0 amide bonds. The van der Waals surface area contributed by atoms with Gasteiger partial charge in [0, 0.05) is 0 Å². The number of hydrogen-bond acceptors (Lipinski definition) is 1. The van der Waals surface area contributed by atoms with Gasteiger partial charge < -0.3 is 5.11 Å². The summed E-state index contributed by atoms with van der Waals surface area (Å²) in [6.07, 6.45) is 5.89. The molecule has 0 aromatic heterocycles. The molecule has 1 aliphatic carbocycles. The van der Waals surface area contributed by atoms with E-state index in [2.05, 4.69) is 13.0 Å². The second-order valence-electron chi connectivity index (χ2n) is 2.77. The topological polar surface area (TPSA) is 20.2 Å². The summed E-state index contributed by atoms with van der Waals surface area (Å²) in [6.45, 7) is 2.45. The lowest BCUT2D eigenvalue weighted by atomic mass is 9.90. The number of aliphatic hydroxyl groups excluding tert-OH is 1. The minimum absolute atomic E-state index is 0.265.